The van der Waals surface area contributed by atoms with Crippen molar-refractivity contribution in [3.63, 3.8) is 0 Å². The van der Waals surface area contributed by atoms with E-state index in [1.165, 1.54) is 11.3 Å². The molecule has 1 fully saturated rings. The lowest BCUT2D eigenvalue weighted by atomic mass is 10.2. The van der Waals surface area contributed by atoms with Crippen LogP contribution in [0.4, 0.5) is 5.00 Å². The monoisotopic (exact) mass is 397 g/mol. The van der Waals surface area contributed by atoms with Gasteiger partial charge < -0.3 is 10.6 Å². The van der Waals surface area contributed by atoms with Crippen LogP contribution in [-0.2, 0) is 11.3 Å². The smallest absolute Gasteiger partial charge is 0.262 e. The molecule has 4 rings (SSSR count). The second kappa shape index (κ2) is 7.62. The summed E-state index contributed by atoms with van der Waals surface area (Å²) in [6, 6.07) is 11.8. The zero-order valence-electron chi connectivity index (χ0n) is 14.8. The number of carbonyl (C=O) groups is 2. The van der Waals surface area contributed by atoms with Crippen LogP contribution in [0.2, 0.25) is 0 Å². The minimum Gasteiger partial charge on any atom is -0.346 e. The number of carbonyl (C=O) groups excluding carboxylic acids is 2. The van der Waals surface area contributed by atoms with Crippen LogP contribution in [0.1, 0.15) is 33.8 Å². The third-order valence-corrected chi connectivity index (χ3v) is 6.41. The molecule has 0 aliphatic heterocycles. The Bertz CT molecular complexity index is 974. The Kier molecular flexibility index (Phi) is 5.05. The maximum atomic E-state index is 12.5. The van der Waals surface area contributed by atoms with E-state index in [-0.39, 0.29) is 17.7 Å². The van der Waals surface area contributed by atoms with E-state index in [4.69, 9.17) is 0 Å². The molecular formula is C20H19N3O2S2. The van der Waals surface area contributed by atoms with Crippen molar-refractivity contribution >= 4 is 39.5 Å². The Balaban J connectivity index is 1.37. The lowest BCUT2D eigenvalue weighted by Crippen LogP contribution is -2.22. The predicted octanol–water partition coefficient (Wildman–Crippen LogP) is 4.46. The van der Waals surface area contributed by atoms with E-state index < -0.39 is 0 Å². The molecule has 2 amide bonds. The van der Waals surface area contributed by atoms with E-state index in [1.807, 2.05) is 48.7 Å². The Hall–Kier alpha value is -2.51. The van der Waals surface area contributed by atoms with Crippen molar-refractivity contribution < 1.29 is 9.59 Å². The van der Waals surface area contributed by atoms with Gasteiger partial charge in [-0.1, -0.05) is 30.3 Å². The van der Waals surface area contributed by atoms with E-state index >= 15 is 0 Å². The summed E-state index contributed by atoms with van der Waals surface area (Å²) in [7, 11) is 0. The highest BCUT2D eigenvalue weighted by Gasteiger charge is 2.30. The van der Waals surface area contributed by atoms with Crippen molar-refractivity contribution in [2.24, 2.45) is 5.92 Å². The summed E-state index contributed by atoms with van der Waals surface area (Å²) in [6.45, 7) is 2.26. The summed E-state index contributed by atoms with van der Waals surface area (Å²) in [5.74, 6) is 0.0611. The fourth-order valence-electron chi connectivity index (χ4n) is 2.69. The van der Waals surface area contributed by atoms with Gasteiger partial charge in [0.05, 0.1) is 22.1 Å². The standard InChI is InChI=1S/C20H19N3O2S2/c1-12-9-16(23-18(24)13-7-8-13)27-17(12)19(25)21-10-15-11-26-20(22-15)14-5-3-2-4-6-14/h2-6,9,11,13H,7-8,10H2,1H3,(H,21,25)(H,23,24). The Morgan fingerprint density at radius 3 is 2.74 bits per heavy atom. The molecule has 0 atom stereocenters. The molecule has 0 saturated heterocycles. The van der Waals surface area contributed by atoms with E-state index in [1.54, 1.807) is 11.3 Å². The summed E-state index contributed by atoms with van der Waals surface area (Å²) in [4.78, 5) is 29.6. The Morgan fingerprint density at radius 1 is 1.22 bits per heavy atom. The van der Waals surface area contributed by atoms with Crippen molar-refractivity contribution in [1.82, 2.24) is 10.3 Å². The average molecular weight is 398 g/mol. The van der Waals surface area contributed by atoms with Gasteiger partial charge in [0.1, 0.15) is 5.01 Å². The lowest BCUT2D eigenvalue weighted by molar-refractivity contribution is -0.117. The number of thiazole rings is 1. The molecule has 0 spiro atoms. The number of rotatable bonds is 6. The highest BCUT2D eigenvalue weighted by Crippen LogP contribution is 2.33. The van der Waals surface area contributed by atoms with Gasteiger partial charge >= 0.3 is 0 Å². The van der Waals surface area contributed by atoms with E-state index in [2.05, 4.69) is 15.6 Å². The van der Waals surface area contributed by atoms with Crippen LogP contribution in [0.25, 0.3) is 10.6 Å². The number of anilines is 1. The number of nitrogens with zero attached hydrogens (tertiary/aromatic N) is 1. The molecular weight excluding hydrogens is 378 g/mol. The molecule has 1 aliphatic rings. The van der Waals surface area contributed by atoms with Gasteiger partial charge in [-0.15, -0.1) is 22.7 Å². The molecule has 138 valence electrons. The molecule has 2 aromatic heterocycles. The van der Waals surface area contributed by atoms with Crippen molar-refractivity contribution in [2.45, 2.75) is 26.3 Å². The number of aryl methyl sites for hydroxylation is 1. The third-order valence-electron chi connectivity index (χ3n) is 4.32. The first kappa shape index (κ1) is 17.9. The topological polar surface area (TPSA) is 71.1 Å². The minimum atomic E-state index is -0.140. The minimum absolute atomic E-state index is 0.0547. The highest BCUT2D eigenvalue weighted by atomic mass is 32.1. The van der Waals surface area contributed by atoms with E-state index in [0.717, 1.165) is 39.7 Å². The molecule has 27 heavy (non-hydrogen) atoms. The van der Waals surface area contributed by atoms with Crippen LogP contribution < -0.4 is 10.6 Å². The first-order valence-electron chi connectivity index (χ1n) is 8.79. The number of benzene rings is 1. The average Bonchev–Trinajstić information content (AvgIpc) is 3.32. The van der Waals surface area contributed by atoms with Crippen LogP contribution in [0.5, 0.6) is 0 Å². The van der Waals surface area contributed by atoms with Crippen LogP contribution in [0, 0.1) is 12.8 Å². The summed E-state index contributed by atoms with van der Waals surface area (Å²) in [6.07, 6.45) is 1.92. The largest absolute Gasteiger partial charge is 0.346 e. The van der Waals surface area contributed by atoms with Gasteiger partial charge in [-0.05, 0) is 31.4 Å². The van der Waals surface area contributed by atoms with Crippen LogP contribution >= 0.6 is 22.7 Å². The van der Waals surface area contributed by atoms with Crippen LogP contribution in [0.3, 0.4) is 0 Å². The van der Waals surface area contributed by atoms with Crippen LogP contribution in [-0.4, -0.2) is 16.8 Å². The number of hydrogen-bond acceptors (Lipinski definition) is 5. The Labute approximate surface area is 165 Å². The van der Waals surface area contributed by atoms with Gasteiger partial charge in [-0.25, -0.2) is 4.98 Å². The molecule has 0 radical (unpaired) electrons. The predicted molar refractivity (Wildman–Crippen MR) is 109 cm³/mol. The molecule has 7 heteroatoms. The molecule has 1 aliphatic carbocycles. The van der Waals surface area contributed by atoms with Gasteiger partial charge in [-0.3, -0.25) is 9.59 Å². The first-order chi connectivity index (χ1) is 13.1. The number of aromatic nitrogens is 1. The fraction of sp³-hybridized carbons (Fsp3) is 0.250. The molecule has 0 bridgehead atoms. The van der Waals surface area contributed by atoms with Gasteiger partial charge in [0.2, 0.25) is 5.91 Å². The second-order valence-corrected chi connectivity index (χ2v) is 8.49. The van der Waals surface area contributed by atoms with Gasteiger partial charge in [0.25, 0.3) is 5.91 Å². The van der Waals surface area contributed by atoms with Gasteiger partial charge in [0, 0.05) is 16.9 Å². The first-order valence-corrected chi connectivity index (χ1v) is 10.5. The van der Waals surface area contributed by atoms with Crippen molar-refractivity contribution in [2.75, 3.05) is 5.32 Å². The lowest BCUT2D eigenvalue weighted by Gasteiger charge is -2.02. The molecule has 3 aromatic rings. The summed E-state index contributed by atoms with van der Waals surface area (Å²) in [5.41, 5.74) is 2.78. The summed E-state index contributed by atoms with van der Waals surface area (Å²) in [5, 5.41) is 9.47. The van der Waals surface area contributed by atoms with Crippen LogP contribution in [0.15, 0.2) is 41.8 Å². The summed E-state index contributed by atoms with van der Waals surface area (Å²) >= 11 is 2.88. The maximum absolute atomic E-state index is 12.5. The number of nitrogens with one attached hydrogen (secondary N) is 2. The number of amides is 2. The van der Waals surface area contributed by atoms with E-state index in [9.17, 15) is 9.59 Å². The maximum Gasteiger partial charge on any atom is 0.262 e. The summed E-state index contributed by atoms with van der Waals surface area (Å²) < 4.78 is 0. The molecule has 2 heterocycles. The number of hydrogen-bond donors (Lipinski definition) is 2. The Morgan fingerprint density at radius 2 is 2.00 bits per heavy atom. The fourth-order valence-corrected chi connectivity index (χ4v) is 4.51. The zero-order valence-corrected chi connectivity index (χ0v) is 16.5. The van der Waals surface area contributed by atoms with Crippen molar-refractivity contribution in [3.05, 3.63) is 57.9 Å². The normalized spacial score (nSPS) is 13.4. The van der Waals surface area contributed by atoms with E-state index in [0.29, 0.717) is 11.4 Å². The molecule has 1 aromatic carbocycles. The van der Waals surface area contributed by atoms with Gasteiger partial charge in [-0.2, -0.15) is 0 Å². The third kappa shape index (κ3) is 4.26. The quantitative estimate of drug-likeness (QED) is 0.645. The van der Waals surface area contributed by atoms with Gasteiger partial charge in [0.15, 0.2) is 0 Å². The van der Waals surface area contributed by atoms with Crippen molar-refractivity contribution in [1.29, 1.82) is 0 Å². The highest BCUT2D eigenvalue weighted by molar-refractivity contribution is 7.18. The van der Waals surface area contributed by atoms with Crippen molar-refractivity contribution in [3.8, 4) is 10.6 Å². The molecule has 0 unspecified atom stereocenters. The zero-order chi connectivity index (χ0) is 18.8. The molecule has 2 N–H and O–H groups in total. The molecule has 5 nitrogen and oxygen atoms in total. The SMILES string of the molecule is Cc1cc(NC(=O)C2CC2)sc1C(=O)NCc1csc(-c2ccccc2)n1. The number of thiophene rings is 1. The molecule has 1 saturated carbocycles. The second-order valence-electron chi connectivity index (χ2n) is 6.58.